The van der Waals surface area contributed by atoms with Gasteiger partial charge in [-0.25, -0.2) is 4.98 Å². The number of likely N-dealkylation sites (tertiary alicyclic amines) is 1. The van der Waals surface area contributed by atoms with Crippen LogP contribution in [0.15, 0.2) is 60.8 Å². The van der Waals surface area contributed by atoms with Gasteiger partial charge in [-0.15, -0.1) is 0 Å². The van der Waals surface area contributed by atoms with Gasteiger partial charge in [0, 0.05) is 36.4 Å². The lowest BCUT2D eigenvalue weighted by Gasteiger charge is -2.26. The molecule has 1 saturated heterocycles. The molecule has 5 rings (SSSR count). The summed E-state index contributed by atoms with van der Waals surface area (Å²) < 4.78 is 10.8. The SMILES string of the molecule is COC[C@H]1CCCN1C(=O)C(O)c1cccc(-c2cnc3n[nH]c(-c4ccccc4OC)c3c2)c1. The summed E-state index contributed by atoms with van der Waals surface area (Å²) in [6.45, 7) is 1.11. The molecule has 0 spiro atoms. The zero-order valence-electron chi connectivity index (χ0n) is 19.8. The molecular weight excluding hydrogens is 444 g/mol. The van der Waals surface area contributed by atoms with Crippen LogP contribution >= 0.6 is 0 Å². The van der Waals surface area contributed by atoms with Crippen molar-refractivity contribution < 1.29 is 19.4 Å². The Morgan fingerprint density at radius 3 is 2.86 bits per heavy atom. The Morgan fingerprint density at radius 2 is 2.03 bits per heavy atom. The molecule has 1 unspecified atom stereocenters. The molecule has 2 atom stereocenters. The number of amides is 1. The highest BCUT2D eigenvalue weighted by atomic mass is 16.5. The molecule has 0 aliphatic carbocycles. The summed E-state index contributed by atoms with van der Waals surface area (Å²) in [5, 5.41) is 19.2. The fraction of sp³-hybridized carbons (Fsp3) is 0.296. The Labute approximate surface area is 203 Å². The lowest BCUT2D eigenvalue weighted by molar-refractivity contribution is -0.142. The van der Waals surface area contributed by atoms with Gasteiger partial charge >= 0.3 is 0 Å². The van der Waals surface area contributed by atoms with Crippen LogP contribution < -0.4 is 4.74 Å². The minimum absolute atomic E-state index is 0.00595. The minimum atomic E-state index is -1.23. The number of hydrogen-bond acceptors (Lipinski definition) is 6. The van der Waals surface area contributed by atoms with Gasteiger partial charge in [-0.2, -0.15) is 5.10 Å². The molecule has 0 bridgehead atoms. The summed E-state index contributed by atoms with van der Waals surface area (Å²) in [5.74, 6) is 0.448. The van der Waals surface area contributed by atoms with Gasteiger partial charge in [-0.3, -0.25) is 9.89 Å². The van der Waals surface area contributed by atoms with E-state index in [9.17, 15) is 9.90 Å². The van der Waals surface area contributed by atoms with Crippen LogP contribution in [0.5, 0.6) is 5.75 Å². The Bertz CT molecular complexity index is 1350. The van der Waals surface area contributed by atoms with Crippen LogP contribution in [-0.2, 0) is 9.53 Å². The second-order valence-electron chi connectivity index (χ2n) is 8.71. The first-order chi connectivity index (χ1) is 17.1. The number of carbonyl (C=O) groups is 1. The average molecular weight is 473 g/mol. The molecule has 1 fully saturated rings. The number of pyridine rings is 1. The predicted octanol–water partition coefficient (Wildman–Crippen LogP) is 3.97. The molecule has 8 nitrogen and oxygen atoms in total. The highest BCUT2D eigenvalue weighted by Gasteiger charge is 2.33. The second kappa shape index (κ2) is 9.85. The normalized spacial score (nSPS) is 16.5. The van der Waals surface area contributed by atoms with Crippen molar-refractivity contribution in [2.75, 3.05) is 27.4 Å². The number of aromatic amines is 1. The Kier molecular flexibility index (Phi) is 6.48. The van der Waals surface area contributed by atoms with E-state index in [1.165, 1.54) is 0 Å². The molecule has 8 heteroatoms. The number of rotatable bonds is 7. The molecule has 0 radical (unpaired) electrons. The molecular formula is C27H28N4O4. The van der Waals surface area contributed by atoms with Crippen LogP contribution in [0.2, 0.25) is 0 Å². The highest BCUT2D eigenvalue weighted by molar-refractivity contribution is 5.94. The summed E-state index contributed by atoms with van der Waals surface area (Å²) in [7, 11) is 3.27. The fourth-order valence-corrected chi connectivity index (χ4v) is 4.79. The summed E-state index contributed by atoms with van der Waals surface area (Å²) in [6, 6.07) is 17.2. The topological polar surface area (TPSA) is 101 Å². The van der Waals surface area contributed by atoms with Crippen LogP contribution in [-0.4, -0.2) is 64.5 Å². The molecule has 1 amide bonds. The van der Waals surface area contributed by atoms with Crippen molar-refractivity contribution in [1.29, 1.82) is 0 Å². The first-order valence-corrected chi connectivity index (χ1v) is 11.7. The Hall–Kier alpha value is -3.75. The maximum atomic E-state index is 13.1. The summed E-state index contributed by atoms with van der Waals surface area (Å²) >= 11 is 0. The van der Waals surface area contributed by atoms with E-state index in [0.29, 0.717) is 24.4 Å². The van der Waals surface area contributed by atoms with Gasteiger partial charge in [-0.1, -0.05) is 30.3 Å². The van der Waals surface area contributed by atoms with Gasteiger partial charge in [0.15, 0.2) is 11.8 Å². The number of carbonyl (C=O) groups excluding carboxylic acids is 1. The van der Waals surface area contributed by atoms with E-state index in [1.54, 1.807) is 31.4 Å². The number of fused-ring (bicyclic) bond motifs is 1. The maximum Gasteiger partial charge on any atom is 0.256 e. The standard InChI is InChI=1S/C27H28N4O4/c1-34-16-20-9-6-12-31(20)27(33)25(32)18-8-5-7-17(13-18)19-14-22-24(29-30-26(22)28-15-19)21-10-3-4-11-23(21)35-2/h3-5,7-8,10-11,13-15,20,25,32H,6,9,12,16H2,1-2H3,(H,28,29,30)/t20-,25?/m1/s1. The molecule has 1 aliphatic heterocycles. The first kappa shape index (κ1) is 23.0. The fourth-order valence-electron chi connectivity index (χ4n) is 4.79. The van der Waals surface area contributed by atoms with E-state index < -0.39 is 6.10 Å². The summed E-state index contributed by atoms with van der Waals surface area (Å²) in [6.07, 6.45) is 2.31. The number of nitrogens with zero attached hydrogens (tertiary/aromatic N) is 3. The zero-order valence-corrected chi connectivity index (χ0v) is 19.8. The number of aromatic nitrogens is 3. The van der Waals surface area contributed by atoms with Crippen molar-refractivity contribution >= 4 is 16.9 Å². The molecule has 2 N–H and O–H groups in total. The first-order valence-electron chi connectivity index (χ1n) is 11.7. The predicted molar refractivity (Wildman–Crippen MR) is 133 cm³/mol. The highest BCUT2D eigenvalue weighted by Crippen LogP contribution is 2.35. The number of ether oxygens (including phenoxy) is 2. The molecule has 35 heavy (non-hydrogen) atoms. The number of benzene rings is 2. The van der Waals surface area contributed by atoms with Gasteiger partial charge < -0.3 is 19.5 Å². The monoisotopic (exact) mass is 472 g/mol. The summed E-state index contributed by atoms with van der Waals surface area (Å²) in [4.78, 5) is 19.3. The number of aliphatic hydroxyl groups excluding tert-OH is 1. The lowest BCUT2D eigenvalue weighted by atomic mass is 9.99. The Balaban J connectivity index is 1.47. The second-order valence-corrected chi connectivity index (χ2v) is 8.71. The number of para-hydroxylation sites is 1. The van der Waals surface area contributed by atoms with Gasteiger partial charge in [0.25, 0.3) is 5.91 Å². The average Bonchev–Trinajstić information content (AvgIpc) is 3.54. The third-order valence-corrected chi connectivity index (χ3v) is 6.57. The van der Waals surface area contributed by atoms with Crippen molar-refractivity contribution in [3.05, 3.63) is 66.4 Å². The van der Waals surface area contributed by atoms with E-state index in [-0.39, 0.29) is 11.9 Å². The van der Waals surface area contributed by atoms with Gasteiger partial charge in [0.05, 0.1) is 25.5 Å². The van der Waals surface area contributed by atoms with E-state index >= 15 is 0 Å². The molecule has 2 aromatic heterocycles. The van der Waals surface area contributed by atoms with Gasteiger partial charge in [0.2, 0.25) is 0 Å². The van der Waals surface area contributed by atoms with E-state index in [2.05, 4.69) is 15.2 Å². The van der Waals surface area contributed by atoms with Crippen molar-refractivity contribution in [1.82, 2.24) is 20.1 Å². The molecule has 0 saturated carbocycles. The zero-order chi connectivity index (χ0) is 24.4. The van der Waals surface area contributed by atoms with Crippen molar-refractivity contribution in [3.8, 4) is 28.1 Å². The molecule has 180 valence electrons. The quantitative estimate of drug-likeness (QED) is 0.422. The molecule has 4 aromatic rings. The van der Waals surface area contributed by atoms with Crippen LogP contribution in [0.25, 0.3) is 33.4 Å². The van der Waals surface area contributed by atoms with E-state index in [1.807, 2.05) is 48.5 Å². The minimum Gasteiger partial charge on any atom is -0.496 e. The smallest absolute Gasteiger partial charge is 0.256 e. The third kappa shape index (κ3) is 4.38. The number of hydrogen-bond donors (Lipinski definition) is 2. The van der Waals surface area contributed by atoms with Crippen molar-refractivity contribution in [2.45, 2.75) is 25.0 Å². The van der Waals surface area contributed by atoms with Crippen LogP contribution in [0.1, 0.15) is 24.5 Å². The van der Waals surface area contributed by atoms with Gasteiger partial charge in [0.1, 0.15) is 5.75 Å². The lowest BCUT2D eigenvalue weighted by Crippen LogP contribution is -2.40. The molecule has 1 aliphatic rings. The summed E-state index contributed by atoms with van der Waals surface area (Å²) in [5.41, 5.74) is 4.56. The Morgan fingerprint density at radius 1 is 1.17 bits per heavy atom. The number of nitrogens with one attached hydrogen (secondary N) is 1. The number of aliphatic hydroxyl groups is 1. The van der Waals surface area contributed by atoms with Crippen molar-refractivity contribution in [3.63, 3.8) is 0 Å². The molecule has 2 aromatic carbocycles. The molecule has 3 heterocycles. The van der Waals surface area contributed by atoms with Crippen LogP contribution in [0.3, 0.4) is 0 Å². The van der Waals surface area contributed by atoms with Gasteiger partial charge in [-0.05, 0) is 48.2 Å². The van der Waals surface area contributed by atoms with Crippen LogP contribution in [0, 0.1) is 0 Å². The van der Waals surface area contributed by atoms with Crippen molar-refractivity contribution in [2.24, 2.45) is 0 Å². The maximum absolute atomic E-state index is 13.1. The third-order valence-electron chi connectivity index (χ3n) is 6.57. The van der Waals surface area contributed by atoms with E-state index in [0.717, 1.165) is 46.4 Å². The number of methoxy groups -OCH3 is 2. The van der Waals surface area contributed by atoms with Crippen LogP contribution in [0.4, 0.5) is 0 Å². The van der Waals surface area contributed by atoms with E-state index in [4.69, 9.17) is 9.47 Å². The number of H-pyrrole nitrogens is 1. The largest absolute Gasteiger partial charge is 0.496 e.